The zero-order chi connectivity index (χ0) is 19.2. The lowest BCUT2D eigenvalue weighted by Crippen LogP contribution is -2.23. The van der Waals surface area contributed by atoms with Crippen LogP contribution in [0.3, 0.4) is 0 Å². The molecule has 4 nitrogen and oxygen atoms in total. The summed E-state index contributed by atoms with van der Waals surface area (Å²) in [5, 5.41) is 0. The standard InChI is InChI=1S/C19H21F3N2O2/c1-4-11-24(18-10-7-16(12-23-18)14(2)25-3)13-15-5-8-17(9-6-15)26-19(20,21)22/h4-10,12,14H,1,11,13H2,2-3H3. The minimum atomic E-state index is -4.69. The number of rotatable bonds is 8. The van der Waals surface area contributed by atoms with Crippen LogP contribution in [0.5, 0.6) is 5.75 Å². The molecule has 0 aliphatic rings. The van der Waals surface area contributed by atoms with E-state index in [-0.39, 0.29) is 11.9 Å². The highest BCUT2D eigenvalue weighted by Gasteiger charge is 2.30. The van der Waals surface area contributed by atoms with Gasteiger partial charge in [0, 0.05) is 26.4 Å². The summed E-state index contributed by atoms with van der Waals surface area (Å²) in [5.41, 5.74) is 1.79. The summed E-state index contributed by atoms with van der Waals surface area (Å²) in [6, 6.07) is 9.61. The Kier molecular flexibility index (Phi) is 6.63. The van der Waals surface area contributed by atoms with Crippen molar-refractivity contribution in [3.05, 3.63) is 66.4 Å². The maximum absolute atomic E-state index is 12.2. The maximum Gasteiger partial charge on any atom is 0.573 e. The number of hydrogen-bond acceptors (Lipinski definition) is 4. The lowest BCUT2D eigenvalue weighted by Gasteiger charge is -2.23. The third-order valence-corrected chi connectivity index (χ3v) is 3.80. The summed E-state index contributed by atoms with van der Waals surface area (Å²) >= 11 is 0. The van der Waals surface area contributed by atoms with Crippen LogP contribution in [0.15, 0.2) is 55.3 Å². The predicted molar refractivity (Wildman–Crippen MR) is 94.0 cm³/mol. The Balaban J connectivity index is 2.11. The van der Waals surface area contributed by atoms with E-state index in [0.29, 0.717) is 13.1 Å². The number of hydrogen-bond donors (Lipinski definition) is 0. The Morgan fingerprint density at radius 3 is 2.38 bits per heavy atom. The molecule has 0 saturated carbocycles. The van der Waals surface area contributed by atoms with Gasteiger partial charge in [-0.05, 0) is 36.2 Å². The van der Waals surface area contributed by atoms with E-state index in [1.165, 1.54) is 12.1 Å². The Morgan fingerprint density at radius 2 is 1.88 bits per heavy atom. The van der Waals surface area contributed by atoms with Gasteiger partial charge < -0.3 is 14.4 Å². The highest BCUT2D eigenvalue weighted by atomic mass is 19.4. The molecule has 0 N–H and O–H groups in total. The molecule has 0 fully saturated rings. The molecule has 0 aliphatic carbocycles. The number of halogens is 3. The van der Waals surface area contributed by atoms with Crippen molar-refractivity contribution in [1.82, 2.24) is 4.98 Å². The minimum Gasteiger partial charge on any atom is -0.406 e. The molecule has 1 atom stereocenters. The van der Waals surface area contributed by atoms with E-state index in [1.807, 2.05) is 24.0 Å². The van der Waals surface area contributed by atoms with Crippen LogP contribution >= 0.6 is 0 Å². The predicted octanol–water partition coefficient (Wildman–Crippen LogP) is 4.88. The van der Waals surface area contributed by atoms with Gasteiger partial charge in [0.05, 0.1) is 6.10 Å². The monoisotopic (exact) mass is 366 g/mol. The SMILES string of the molecule is C=CCN(Cc1ccc(OC(F)(F)F)cc1)c1ccc(C(C)OC)cn1. The third-order valence-electron chi connectivity index (χ3n) is 3.80. The Labute approximate surface area is 150 Å². The molecule has 26 heavy (non-hydrogen) atoms. The van der Waals surface area contributed by atoms with E-state index in [4.69, 9.17) is 4.74 Å². The highest BCUT2D eigenvalue weighted by Crippen LogP contribution is 2.24. The van der Waals surface area contributed by atoms with Gasteiger partial charge in [-0.2, -0.15) is 0 Å². The van der Waals surface area contributed by atoms with Crippen LogP contribution in [0, 0.1) is 0 Å². The first-order valence-corrected chi connectivity index (χ1v) is 8.01. The number of methoxy groups -OCH3 is 1. The minimum absolute atomic E-state index is 0.0504. The summed E-state index contributed by atoms with van der Waals surface area (Å²) in [4.78, 5) is 6.42. The van der Waals surface area contributed by atoms with Gasteiger partial charge in [0.25, 0.3) is 0 Å². The van der Waals surface area contributed by atoms with Crippen molar-refractivity contribution in [3.8, 4) is 5.75 Å². The molecule has 0 radical (unpaired) electrons. The molecule has 2 rings (SSSR count). The number of nitrogens with zero attached hydrogens (tertiary/aromatic N) is 2. The first kappa shape index (κ1) is 19.8. The molecule has 0 amide bonds. The number of benzene rings is 1. The van der Waals surface area contributed by atoms with E-state index in [9.17, 15) is 13.2 Å². The third kappa shape index (κ3) is 5.77. The molecule has 1 unspecified atom stereocenters. The number of alkyl halides is 3. The van der Waals surface area contributed by atoms with Crippen LogP contribution in [-0.4, -0.2) is 25.0 Å². The quantitative estimate of drug-likeness (QED) is 0.624. The zero-order valence-electron chi connectivity index (χ0n) is 14.7. The van der Waals surface area contributed by atoms with E-state index in [2.05, 4.69) is 16.3 Å². The van der Waals surface area contributed by atoms with Crippen LogP contribution in [0.1, 0.15) is 24.2 Å². The second-order valence-corrected chi connectivity index (χ2v) is 5.69. The average Bonchev–Trinajstić information content (AvgIpc) is 2.61. The molecule has 140 valence electrons. The van der Waals surface area contributed by atoms with Crippen molar-refractivity contribution in [1.29, 1.82) is 0 Å². The molecule has 7 heteroatoms. The fraction of sp³-hybridized carbons (Fsp3) is 0.316. The smallest absolute Gasteiger partial charge is 0.406 e. The van der Waals surface area contributed by atoms with E-state index in [0.717, 1.165) is 16.9 Å². The molecule has 0 spiro atoms. The summed E-state index contributed by atoms with van der Waals surface area (Å²) < 4.78 is 45.8. The van der Waals surface area contributed by atoms with Crippen molar-refractivity contribution in [2.45, 2.75) is 25.9 Å². The van der Waals surface area contributed by atoms with Crippen LogP contribution in [-0.2, 0) is 11.3 Å². The summed E-state index contributed by atoms with van der Waals surface area (Å²) in [5.74, 6) is 0.500. The molecule has 0 aliphatic heterocycles. The molecule has 1 aromatic carbocycles. The Hall–Kier alpha value is -2.54. The largest absolute Gasteiger partial charge is 0.573 e. The molecule has 1 aromatic heterocycles. The van der Waals surface area contributed by atoms with E-state index in [1.54, 1.807) is 31.5 Å². The molecule has 0 saturated heterocycles. The van der Waals surface area contributed by atoms with Crippen LogP contribution in [0.25, 0.3) is 0 Å². The first-order chi connectivity index (χ1) is 12.3. The fourth-order valence-electron chi connectivity index (χ4n) is 2.37. The van der Waals surface area contributed by atoms with Gasteiger partial charge in [-0.3, -0.25) is 0 Å². The molecule has 0 bridgehead atoms. The number of anilines is 1. The number of aromatic nitrogens is 1. The first-order valence-electron chi connectivity index (χ1n) is 8.01. The normalized spacial score (nSPS) is 12.5. The second-order valence-electron chi connectivity index (χ2n) is 5.69. The summed E-state index contributed by atoms with van der Waals surface area (Å²) in [7, 11) is 1.63. The van der Waals surface area contributed by atoms with Gasteiger partial charge in [-0.1, -0.05) is 24.3 Å². The number of ether oxygens (including phenoxy) is 2. The Bertz CT molecular complexity index is 700. The lowest BCUT2D eigenvalue weighted by atomic mass is 10.1. The molecule has 1 heterocycles. The highest BCUT2D eigenvalue weighted by molar-refractivity contribution is 5.42. The average molecular weight is 366 g/mol. The topological polar surface area (TPSA) is 34.6 Å². The summed E-state index contributed by atoms with van der Waals surface area (Å²) in [6.07, 6.45) is -1.25. The van der Waals surface area contributed by atoms with Crippen LogP contribution in [0.2, 0.25) is 0 Å². The lowest BCUT2D eigenvalue weighted by molar-refractivity contribution is -0.274. The van der Waals surface area contributed by atoms with Crippen molar-refractivity contribution < 1.29 is 22.6 Å². The summed E-state index contributed by atoms with van der Waals surface area (Å²) in [6.45, 7) is 6.71. The molecule has 2 aromatic rings. The van der Waals surface area contributed by atoms with E-state index < -0.39 is 6.36 Å². The van der Waals surface area contributed by atoms with Gasteiger partial charge in [0.2, 0.25) is 0 Å². The van der Waals surface area contributed by atoms with Gasteiger partial charge in [0.15, 0.2) is 0 Å². The van der Waals surface area contributed by atoms with Crippen molar-refractivity contribution >= 4 is 5.82 Å². The Morgan fingerprint density at radius 1 is 1.19 bits per heavy atom. The van der Waals surface area contributed by atoms with Crippen molar-refractivity contribution in [2.75, 3.05) is 18.6 Å². The van der Waals surface area contributed by atoms with Gasteiger partial charge in [-0.15, -0.1) is 19.8 Å². The molecular weight excluding hydrogens is 345 g/mol. The van der Waals surface area contributed by atoms with Crippen molar-refractivity contribution in [2.24, 2.45) is 0 Å². The van der Waals surface area contributed by atoms with Crippen LogP contribution < -0.4 is 9.64 Å². The van der Waals surface area contributed by atoms with Crippen molar-refractivity contribution in [3.63, 3.8) is 0 Å². The maximum atomic E-state index is 12.2. The van der Waals surface area contributed by atoms with Gasteiger partial charge >= 0.3 is 6.36 Å². The van der Waals surface area contributed by atoms with E-state index >= 15 is 0 Å². The van der Waals surface area contributed by atoms with Crippen LogP contribution in [0.4, 0.5) is 19.0 Å². The van der Waals surface area contributed by atoms with Gasteiger partial charge in [0.1, 0.15) is 11.6 Å². The van der Waals surface area contributed by atoms with Gasteiger partial charge in [-0.25, -0.2) is 4.98 Å². The second kappa shape index (κ2) is 8.71. The molecular formula is C19H21F3N2O2. The fourth-order valence-corrected chi connectivity index (χ4v) is 2.37. The zero-order valence-corrected chi connectivity index (χ0v) is 14.7. The number of pyridine rings is 1.